The number of nitrogens with one attached hydrogen (secondary N) is 3. The number of benzene rings is 2. The fraction of sp³-hybridized carbons (Fsp3) is 0.286. The monoisotopic (exact) mass is 365 g/mol. The summed E-state index contributed by atoms with van der Waals surface area (Å²) in [5.41, 5.74) is 4.35. The molecule has 2 aromatic carbocycles. The van der Waals surface area contributed by atoms with Crippen molar-refractivity contribution in [3.63, 3.8) is 0 Å². The summed E-state index contributed by atoms with van der Waals surface area (Å²) >= 11 is 0. The first-order valence-corrected chi connectivity index (χ1v) is 8.97. The number of carbonyl (C=O) groups excluding carboxylic acids is 3. The minimum Gasteiger partial charge on any atom is -0.345 e. The first-order valence-electron chi connectivity index (χ1n) is 8.97. The molecule has 0 radical (unpaired) electrons. The Kier molecular flexibility index (Phi) is 5.54. The smallest absolute Gasteiger partial charge is 0.322 e. The van der Waals surface area contributed by atoms with Gasteiger partial charge >= 0.3 is 6.03 Å². The van der Waals surface area contributed by atoms with Crippen LogP contribution in [0.5, 0.6) is 0 Å². The molecular weight excluding hydrogens is 342 g/mol. The normalized spacial score (nSPS) is 17.2. The summed E-state index contributed by atoms with van der Waals surface area (Å²) < 4.78 is 0. The van der Waals surface area contributed by atoms with Crippen molar-refractivity contribution in [1.29, 1.82) is 0 Å². The summed E-state index contributed by atoms with van der Waals surface area (Å²) in [6.07, 6.45) is 0.407. The van der Waals surface area contributed by atoms with Gasteiger partial charge in [-0.3, -0.25) is 14.9 Å². The first kappa shape index (κ1) is 18.6. The van der Waals surface area contributed by atoms with E-state index in [0.717, 1.165) is 16.7 Å². The molecule has 3 rings (SSSR count). The summed E-state index contributed by atoms with van der Waals surface area (Å²) in [6, 6.07) is 14.5. The van der Waals surface area contributed by atoms with E-state index in [9.17, 15) is 14.4 Å². The molecule has 1 saturated heterocycles. The van der Waals surface area contributed by atoms with Crippen LogP contribution in [0.1, 0.15) is 41.1 Å². The molecule has 27 heavy (non-hydrogen) atoms. The summed E-state index contributed by atoms with van der Waals surface area (Å²) in [4.78, 5) is 35.3. The molecule has 0 aromatic heterocycles. The van der Waals surface area contributed by atoms with Gasteiger partial charge in [-0.25, -0.2) is 4.79 Å². The molecule has 140 valence electrons. The molecule has 0 spiro atoms. The van der Waals surface area contributed by atoms with Crippen molar-refractivity contribution < 1.29 is 14.4 Å². The van der Waals surface area contributed by atoms with E-state index in [4.69, 9.17) is 0 Å². The van der Waals surface area contributed by atoms with E-state index in [-0.39, 0.29) is 30.7 Å². The lowest BCUT2D eigenvalue weighted by molar-refractivity contribution is -0.122. The fourth-order valence-electron chi connectivity index (χ4n) is 3.12. The summed E-state index contributed by atoms with van der Waals surface area (Å²) in [7, 11) is 0. The largest absolute Gasteiger partial charge is 0.345 e. The zero-order valence-corrected chi connectivity index (χ0v) is 15.4. The second-order valence-corrected chi connectivity index (χ2v) is 6.81. The molecular formula is C21H23N3O3. The molecule has 6 heteroatoms. The summed E-state index contributed by atoms with van der Waals surface area (Å²) in [5.74, 6) is -0.558. The van der Waals surface area contributed by atoms with Crippen LogP contribution in [0.15, 0.2) is 48.5 Å². The van der Waals surface area contributed by atoms with E-state index in [1.165, 1.54) is 5.56 Å². The maximum atomic E-state index is 12.5. The molecule has 1 fully saturated rings. The summed E-state index contributed by atoms with van der Waals surface area (Å²) in [5, 5.41) is 7.75. The van der Waals surface area contributed by atoms with Crippen molar-refractivity contribution in [1.82, 2.24) is 16.0 Å². The average molecular weight is 365 g/mol. The van der Waals surface area contributed by atoms with Crippen LogP contribution in [0.3, 0.4) is 0 Å². The number of amides is 4. The van der Waals surface area contributed by atoms with Gasteiger partial charge in [-0.1, -0.05) is 48.5 Å². The average Bonchev–Trinajstić information content (AvgIpc) is 2.98. The van der Waals surface area contributed by atoms with Gasteiger partial charge in [0, 0.05) is 6.42 Å². The van der Waals surface area contributed by atoms with E-state index in [1.54, 1.807) is 0 Å². The third-order valence-corrected chi connectivity index (χ3v) is 4.82. The molecule has 6 nitrogen and oxygen atoms in total. The first-order chi connectivity index (χ1) is 12.9. The van der Waals surface area contributed by atoms with Crippen molar-refractivity contribution in [2.45, 2.75) is 38.8 Å². The maximum absolute atomic E-state index is 12.5. The van der Waals surface area contributed by atoms with Crippen molar-refractivity contribution in [2.75, 3.05) is 0 Å². The maximum Gasteiger partial charge on any atom is 0.322 e. The van der Waals surface area contributed by atoms with Crippen LogP contribution >= 0.6 is 0 Å². The molecule has 0 saturated carbocycles. The van der Waals surface area contributed by atoms with E-state index in [1.807, 2.05) is 49.4 Å². The molecule has 4 amide bonds. The standard InChI is InChI=1S/C21H23N3O3/c1-13-8-9-16(12-14(13)2)19(15-6-4-3-5-7-15)23-18(25)11-10-17-20(26)24-21(27)22-17/h3-9,12,17,19H,10-11H2,1-2H3,(H,23,25)(H2,22,24,26,27)/t17-,19-/m1/s1. The number of hydrogen-bond donors (Lipinski definition) is 3. The molecule has 3 N–H and O–H groups in total. The zero-order chi connectivity index (χ0) is 19.4. The van der Waals surface area contributed by atoms with Crippen LogP contribution in [0.25, 0.3) is 0 Å². The molecule has 0 aliphatic carbocycles. The van der Waals surface area contributed by atoms with Crippen molar-refractivity contribution in [3.05, 3.63) is 70.8 Å². The van der Waals surface area contributed by atoms with Crippen molar-refractivity contribution in [3.8, 4) is 0 Å². The fourth-order valence-corrected chi connectivity index (χ4v) is 3.12. The SMILES string of the molecule is Cc1ccc([C@H](NC(=O)CC[C@H]2NC(=O)NC2=O)c2ccccc2)cc1C. The number of aryl methyl sites for hydroxylation is 2. The summed E-state index contributed by atoms with van der Waals surface area (Å²) in [6.45, 7) is 4.10. The molecule has 2 atom stereocenters. The Labute approximate surface area is 158 Å². The Morgan fingerprint density at radius 3 is 2.41 bits per heavy atom. The lowest BCUT2D eigenvalue weighted by atomic mass is 9.95. The molecule has 1 aliphatic heterocycles. The highest BCUT2D eigenvalue weighted by molar-refractivity contribution is 6.04. The quantitative estimate of drug-likeness (QED) is 0.688. The van der Waals surface area contributed by atoms with Crippen molar-refractivity contribution >= 4 is 17.8 Å². The Hall–Kier alpha value is -3.15. The lowest BCUT2D eigenvalue weighted by Crippen LogP contribution is -2.33. The van der Waals surface area contributed by atoms with E-state index >= 15 is 0 Å². The molecule has 0 bridgehead atoms. The van der Waals surface area contributed by atoms with Gasteiger partial charge < -0.3 is 10.6 Å². The molecule has 1 heterocycles. The minimum atomic E-state index is -0.653. The second-order valence-electron chi connectivity index (χ2n) is 6.81. The number of rotatable bonds is 6. The Morgan fingerprint density at radius 2 is 1.78 bits per heavy atom. The van der Waals surface area contributed by atoms with Gasteiger partial charge in [-0.2, -0.15) is 0 Å². The van der Waals surface area contributed by atoms with Crippen LogP contribution in [0.2, 0.25) is 0 Å². The highest BCUT2D eigenvalue weighted by Crippen LogP contribution is 2.24. The highest BCUT2D eigenvalue weighted by Gasteiger charge is 2.29. The molecule has 0 unspecified atom stereocenters. The topological polar surface area (TPSA) is 87.3 Å². The van der Waals surface area contributed by atoms with Crippen LogP contribution in [0.4, 0.5) is 4.79 Å². The Morgan fingerprint density at radius 1 is 1.04 bits per heavy atom. The number of imide groups is 1. The third-order valence-electron chi connectivity index (χ3n) is 4.82. The predicted octanol–water partition coefficient (Wildman–Crippen LogP) is 2.50. The van der Waals surface area contributed by atoms with Crippen LogP contribution < -0.4 is 16.0 Å². The lowest BCUT2D eigenvalue weighted by Gasteiger charge is -2.21. The van der Waals surface area contributed by atoms with Gasteiger partial charge in [0.15, 0.2) is 0 Å². The predicted molar refractivity (Wildman–Crippen MR) is 102 cm³/mol. The molecule has 1 aliphatic rings. The van der Waals surface area contributed by atoms with E-state index < -0.39 is 12.1 Å². The van der Waals surface area contributed by atoms with Gasteiger partial charge in [-0.05, 0) is 42.5 Å². The minimum absolute atomic E-state index is 0.145. The van der Waals surface area contributed by atoms with Crippen LogP contribution in [-0.2, 0) is 9.59 Å². The van der Waals surface area contributed by atoms with Gasteiger partial charge in [-0.15, -0.1) is 0 Å². The van der Waals surface area contributed by atoms with Crippen LogP contribution in [0, 0.1) is 13.8 Å². The van der Waals surface area contributed by atoms with Crippen molar-refractivity contribution in [2.24, 2.45) is 0 Å². The third kappa shape index (κ3) is 4.53. The van der Waals surface area contributed by atoms with Crippen LogP contribution in [-0.4, -0.2) is 23.9 Å². The number of hydrogen-bond acceptors (Lipinski definition) is 3. The Balaban J connectivity index is 1.73. The van der Waals surface area contributed by atoms with Gasteiger partial charge in [0.25, 0.3) is 5.91 Å². The highest BCUT2D eigenvalue weighted by atomic mass is 16.2. The number of carbonyl (C=O) groups is 3. The van der Waals surface area contributed by atoms with Gasteiger partial charge in [0.1, 0.15) is 6.04 Å². The van der Waals surface area contributed by atoms with E-state index in [2.05, 4.69) is 28.9 Å². The van der Waals surface area contributed by atoms with Gasteiger partial charge in [0.2, 0.25) is 5.91 Å². The molecule has 2 aromatic rings. The second kappa shape index (κ2) is 8.03. The Bertz CT molecular complexity index is 864. The number of urea groups is 1. The van der Waals surface area contributed by atoms with Gasteiger partial charge in [0.05, 0.1) is 6.04 Å². The van der Waals surface area contributed by atoms with E-state index in [0.29, 0.717) is 0 Å². The zero-order valence-electron chi connectivity index (χ0n) is 15.4.